The summed E-state index contributed by atoms with van der Waals surface area (Å²) in [7, 11) is 1.83. The highest BCUT2D eigenvalue weighted by Gasteiger charge is 2.06. The maximum Gasteiger partial charge on any atom is 0.132 e. The van der Waals surface area contributed by atoms with E-state index in [0.29, 0.717) is 5.82 Å². The summed E-state index contributed by atoms with van der Waals surface area (Å²) < 4.78 is 12.9. The van der Waals surface area contributed by atoms with Crippen LogP contribution in [-0.4, -0.2) is 23.1 Å². The van der Waals surface area contributed by atoms with Gasteiger partial charge in [-0.1, -0.05) is 12.1 Å². The minimum Gasteiger partial charge on any atom is -0.373 e. The quantitative estimate of drug-likeness (QED) is 0.880. The molecule has 0 fully saturated rings. The van der Waals surface area contributed by atoms with Crippen LogP contribution in [0.3, 0.4) is 0 Å². The molecule has 0 aliphatic heterocycles. The number of nitrogens with one attached hydrogen (secondary N) is 2. The molecule has 4 nitrogen and oxygen atoms in total. The Morgan fingerprint density at radius 1 is 1.15 bits per heavy atom. The first-order valence-electron chi connectivity index (χ1n) is 6.61. The third-order valence-electron chi connectivity index (χ3n) is 2.94. The minimum absolute atomic E-state index is 0.194. The second-order valence-electron chi connectivity index (χ2n) is 4.81. The van der Waals surface area contributed by atoms with Crippen LogP contribution in [0, 0.1) is 12.7 Å². The van der Waals surface area contributed by atoms with Crippen molar-refractivity contribution < 1.29 is 4.39 Å². The lowest BCUT2D eigenvalue weighted by Crippen LogP contribution is -2.19. The van der Waals surface area contributed by atoms with Gasteiger partial charge >= 0.3 is 0 Å². The van der Waals surface area contributed by atoms with Gasteiger partial charge in [-0.2, -0.15) is 0 Å². The standard InChI is InChI=1S/C15H19FN4/c1-10(8-12-4-6-13(16)7-5-12)18-15-9-14(17-3)19-11(2)20-15/h4-7,9-10H,8H2,1-3H3,(H2,17,18,19,20). The molecule has 1 aromatic carbocycles. The molecule has 5 heteroatoms. The molecule has 106 valence electrons. The number of halogens is 1. The van der Waals surface area contributed by atoms with Crippen LogP contribution in [0.5, 0.6) is 0 Å². The van der Waals surface area contributed by atoms with Crippen molar-refractivity contribution in [2.75, 3.05) is 17.7 Å². The lowest BCUT2D eigenvalue weighted by atomic mass is 10.1. The third kappa shape index (κ3) is 3.91. The number of hydrogen-bond acceptors (Lipinski definition) is 4. The van der Waals surface area contributed by atoms with Gasteiger partial charge in [-0.3, -0.25) is 0 Å². The molecular formula is C15H19FN4. The molecule has 0 radical (unpaired) electrons. The van der Waals surface area contributed by atoms with Gasteiger partial charge in [0.25, 0.3) is 0 Å². The van der Waals surface area contributed by atoms with E-state index < -0.39 is 0 Å². The van der Waals surface area contributed by atoms with E-state index in [1.54, 1.807) is 12.1 Å². The van der Waals surface area contributed by atoms with E-state index >= 15 is 0 Å². The minimum atomic E-state index is -0.209. The van der Waals surface area contributed by atoms with E-state index in [0.717, 1.165) is 23.6 Å². The number of anilines is 2. The zero-order valence-corrected chi connectivity index (χ0v) is 11.9. The molecule has 0 amide bonds. The van der Waals surface area contributed by atoms with Crippen molar-refractivity contribution in [3.8, 4) is 0 Å². The largest absolute Gasteiger partial charge is 0.373 e. The number of aryl methyl sites for hydroxylation is 1. The Hall–Kier alpha value is -2.17. The first-order valence-corrected chi connectivity index (χ1v) is 6.61. The first kappa shape index (κ1) is 14.2. The SMILES string of the molecule is CNc1cc(NC(C)Cc2ccc(F)cc2)nc(C)n1. The fraction of sp³-hybridized carbons (Fsp3) is 0.333. The van der Waals surface area contributed by atoms with Crippen LogP contribution in [0.1, 0.15) is 18.3 Å². The van der Waals surface area contributed by atoms with Gasteiger partial charge in [0.1, 0.15) is 23.3 Å². The zero-order valence-electron chi connectivity index (χ0n) is 11.9. The Labute approximate surface area is 118 Å². The molecule has 0 saturated heterocycles. The summed E-state index contributed by atoms with van der Waals surface area (Å²) in [5.74, 6) is 2.08. The van der Waals surface area contributed by atoms with Gasteiger partial charge in [-0.05, 0) is 38.0 Å². The van der Waals surface area contributed by atoms with E-state index in [2.05, 4.69) is 27.5 Å². The van der Waals surface area contributed by atoms with Gasteiger partial charge in [-0.15, -0.1) is 0 Å². The van der Waals surface area contributed by atoms with Crippen molar-refractivity contribution in [3.63, 3.8) is 0 Å². The Balaban J connectivity index is 2.02. The van der Waals surface area contributed by atoms with Gasteiger partial charge in [0.15, 0.2) is 0 Å². The molecule has 1 heterocycles. The van der Waals surface area contributed by atoms with Gasteiger partial charge in [-0.25, -0.2) is 14.4 Å². The summed E-state index contributed by atoms with van der Waals surface area (Å²) in [4.78, 5) is 8.60. The predicted octanol–water partition coefficient (Wildman–Crippen LogP) is 3.01. The molecule has 0 bridgehead atoms. The third-order valence-corrected chi connectivity index (χ3v) is 2.94. The molecule has 0 saturated carbocycles. The van der Waals surface area contributed by atoms with Crippen LogP contribution in [0.4, 0.5) is 16.0 Å². The number of aromatic nitrogens is 2. The fourth-order valence-corrected chi connectivity index (χ4v) is 2.05. The molecular weight excluding hydrogens is 255 g/mol. The summed E-state index contributed by atoms with van der Waals surface area (Å²) in [6.07, 6.45) is 0.804. The van der Waals surface area contributed by atoms with Crippen LogP contribution >= 0.6 is 0 Å². The average Bonchev–Trinajstić information content (AvgIpc) is 2.40. The van der Waals surface area contributed by atoms with E-state index in [4.69, 9.17) is 0 Å². The van der Waals surface area contributed by atoms with Crippen molar-refractivity contribution in [3.05, 3.63) is 47.5 Å². The lowest BCUT2D eigenvalue weighted by Gasteiger charge is -2.15. The zero-order chi connectivity index (χ0) is 14.5. The van der Waals surface area contributed by atoms with E-state index in [1.807, 2.05) is 20.0 Å². The van der Waals surface area contributed by atoms with Crippen LogP contribution in [0.25, 0.3) is 0 Å². The maximum atomic E-state index is 12.9. The van der Waals surface area contributed by atoms with Crippen LogP contribution in [0.15, 0.2) is 30.3 Å². The van der Waals surface area contributed by atoms with Crippen molar-refractivity contribution in [1.82, 2.24) is 9.97 Å². The summed E-state index contributed by atoms with van der Waals surface area (Å²) in [5.41, 5.74) is 1.09. The monoisotopic (exact) mass is 274 g/mol. The second-order valence-corrected chi connectivity index (χ2v) is 4.81. The molecule has 0 spiro atoms. The summed E-state index contributed by atoms with van der Waals surface area (Å²) in [6.45, 7) is 3.93. The van der Waals surface area contributed by atoms with Crippen molar-refractivity contribution in [2.24, 2.45) is 0 Å². The highest BCUT2D eigenvalue weighted by atomic mass is 19.1. The Morgan fingerprint density at radius 2 is 1.80 bits per heavy atom. The summed E-state index contributed by atoms with van der Waals surface area (Å²) in [6, 6.07) is 8.63. The summed E-state index contributed by atoms with van der Waals surface area (Å²) in [5, 5.41) is 6.34. The van der Waals surface area contributed by atoms with Crippen LogP contribution in [-0.2, 0) is 6.42 Å². The Kier molecular flexibility index (Phi) is 4.50. The number of hydrogen-bond donors (Lipinski definition) is 2. The van der Waals surface area contributed by atoms with Gasteiger partial charge < -0.3 is 10.6 Å². The van der Waals surface area contributed by atoms with Gasteiger partial charge in [0.05, 0.1) is 0 Å². The molecule has 2 rings (SSSR count). The molecule has 2 aromatic rings. The molecule has 20 heavy (non-hydrogen) atoms. The summed E-state index contributed by atoms with van der Waals surface area (Å²) >= 11 is 0. The normalized spacial score (nSPS) is 12.0. The van der Waals surface area contributed by atoms with Crippen LogP contribution < -0.4 is 10.6 Å². The smallest absolute Gasteiger partial charge is 0.132 e. The maximum absolute atomic E-state index is 12.9. The first-order chi connectivity index (χ1) is 9.56. The fourth-order valence-electron chi connectivity index (χ4n) is 2.05. The van der Waals surface area contributed by atoms with E-state index in [1.165, 1.54) is 12.1 Å². The molecule has 0 aliphatic carbocycles. The molecule has 0 aliphatic rings. The topological polar surface area (TPSA) is 49.8 Å². The molecule has 1 atom stereocenters. The number of rotatable bonds is 5. The Bertz CT molecular complexity index is 569. The highest BCUT2D eigenvalue weighted by Crippen LogP contribution is 2.13. The van der Waals surface area contributed by atoms with Crippen molar-refractivity contribution in [2.45, 2.75) is 26.3 Å². The highest BCUT2D eigenvalue weighted by molar-refractivity contribution is 5.47. The molecule has 1 aromatic heterocycles. The number of nitrogens with zero attached hydrogens (tertiary/aromatic N) is 2. The molecule has 1 unspecified atom stereocenters. The predicted molar refractivity (Wildman–Crippen MR) is 79.5 cm³/mol. The van der Waals surface area contributed by atoms with E-state index in [-0.39, 0.29) is 11.9 Å². The Morgan fingerprint density at radius 3 is 2.45 bits per heavy atom. The van der Waals surface area contributed by atoms with Gasteiger partial charge in [0.2, 0.25) is 0 Å². The average molecular weight is 274 g/mol. The second kappa shape index (κ2) is 6.32. The van der Waals surface area contributed by atoms with Crippen molar-refractivity contribution in [1.29, 1.82) is 0 Å². The van der Waals surface area contributed by atoms with Gasteiger partial charge in [0, 0.05) is 19.2 Å². The molecule has 2 N–H and O–H groups in total. The van der Waals surface area contributed by atoms with E-state index in [9.17, 15) is 4.39 Å². The number of benzene rings is 1. The van der Waals surface area contributed by atoms with Crippen LogP contribution in [0.2, 0.25) is 0 Å². The lowest BCUT2D eigenvalue weighted by molar-refractivity contribution is 0.626. The van der Waals surface area contributed by atoms with Crippen molar-refractivity contribution >= 4 is 11.6 Å².